The molecule has 19 heavy (non-hydrogen) atoms. The van der Waals surface area contributed by atoms with E-state index in [1.54, 1.807) is 11.3 Å². The number of aryl methyl sites for hydroxylation is 1. The molecule has 0 atom stereocenters. The van der Waals surface area contributed by atoms with E-state index in [1.165, 1.54) is 16.1 Å². The third kappa shape index (κ3) is 3.19. The summed E-state index contributed by atoms with van der Waals surface area (Å²) in [5, 5.41) is 4.48. The molecule has 0 fully saturated rings. The summed E-state index contributed by atoms with van der Waals surface area (Å²) < 4.78 is 0. The molecular weight excluding hydrogens is 254 g/mol. The molecule has 0 aliphatic heterocycles. The van der Waals surface area contributed by atoms with Gasteiger partial charge in [-0.05, 0) is 31.0 Å². The summed E-state index contributed by atoms with van der Waals surface area (Å²) in [5.41, 5.74) is 3.59. The minimum absolute atomic E-state index is 0.454. The molecule has 2 aromatic rings. The molecule has 2 heterocycles. The molecule has 0 aliphatic rings. The Morgan fingerprint density at radius 3 is 2.79 bits per heavy atom. The number of aromatic nitrogens is 2. The molecule has 4 heteroatoms. The van der Waals surface area contributed by atoms with Crippen LogP contribution in [0.1, 0.15) is 42.8 Å². The molecule has 0 radical (unpaired) electrons. The van der Waals surface area contributed by atoms with Crippen molar-refractivity contribution in [3.63, 3.8) is 0 Å². The highest BCUT2D eigenvalue weighted by molar-refractivity contribution is 7.15. The van der Waals surface area contributed by atoms with E-state index in [2.05, 4.69) is 38.0 Å². The maximum atomic E-state index is 4.83. The molecule has 1 N–H and O–H groups in total. The van der Waals surface area contributed by atoms with Crippen LogP contribution in [-0.2, 0) is 6.54 Å². The van der Waals surface area contributed by atoms with Gasteiger partial charge >= 0.3 is 0 Å². The normalized spacial score (nSPS) is 11.2. The van der Waals surface area contributed by atoms with E-state index >= 15 is 0 Å². The van der Waals surface area contributed by atoms with Crippen molar-refractivity contribution >= 4 is 11.3 Å². The van der Waals surface area contributed by atoms with Gasteiger partial charge in [0.25, 0.3) is 0 Å². The molecule has 0 bridgehead atoms. The van der Waals surface area contributed by atoms with E-state index in [0.717, 1.165) is 23.7 Å². The summed E-state index contributed by atoms with van der Waals surface area (Å²) in [6.07, 6.45) is 3.74. The highest BCUT2D eigenvalue weighted by Gasteiger charge is 2.15. The summed E-state index contributed by atoms with van der Waals surface area (Å²) >= 11 is 1.78. The van der Waals surface area contributed by atoms with Gasteiger partial charge in [0.2, 0.25) is 0 Å². The predicted molar refractivity (Wildman–Crippen MR) is 81.6 cm³/mol. The van der Waals surface area contributed by atoms with Gasteiger partial charge in [-0.25, -0.2) is 4.98 Å². The van der Waals surface area contributed by atoms with Gasteiger partial charge in [-0.1, -0.05) is 20.8 Å². The third-order valence-corrected chi connectivity index (χ3v) is 4.18. The Labute approximate surface area is 119 Å². The molecule has 0 saturated heterocycles. The van der Waals surface area contributed by atoms with Crippen molar-refractivity contribution in [1.82, 2.24) is 15.3 Å². The number of nitrogens with one attached hydrogen (secondary N) is 1. The monoisotopic (exact) mass is 275 g/mol. The molecule has 2 rings (SSSR count). The molecule has 102 valence electrons. The van der Waals surface area contributed by atoms with Crippen LogP contribution in [0.3, 0.4) is 0 Å². The Bertz CT molecular complexity index is 546. The Balaban J connectivity index is 2.40. The van der Waals surface area contributed by atoms with E-state index in [4.69, 9.17) is 4.98 Å². The van der Waals surface area contributed by atoms with E-state index < -0.39 is 0 Å². The average molecular weight is 275 g/mol. The van der Waals surface area contributed by atoms with Gasteiger partial charge in [0.15, 0.2) is 0 Å². The van der Waals surface area contributed by atoms with E-state index in [9.17, 15) is 0 Å². The summed E-state index contributed by atoms with van der Waals surface area (Å²) in [6.45, 7) is 10.5. The highest BCUT2D eigenvalue weighted by Crippen LogP contribution is 2.32. The van der Waals surface area contributed by atoms with E-state index in [-0.39, 0.29) is 0 Å². The first-order chi connectivity index (χ1) is 9.13. The lowest BCUT2D eigenvalue weighted by molar-refractivity contribution is 0.714. The summed E-state index contributed by atoms with van der Waals surface area (Å²) in [6, 6.07) is 2.04. The van der Waals surface area contributed by atoms with Crippen LogP contribution in [0, 0.1) is 6.92 Å². The smallest absolute Gasteiger partial charge is 0.125 e. The average Bonchev–Trinajstić information content (AvgIpc) is 2.81. The molecule has 0 spiro atoms. The Hall–Kier alpha value is -1.26. The predicted octanol–water partition coefficient (Wildman–Crippen LogP) is 3.75. The fourth-order valence-electron chi connectivity index (χ4n) is 1.98. The van der Waals surface area contributed by atoms with Gasteiger partial charge in [-0.15, -0.1) is 11.3 Å². The Morgan fingerprint density at radius 1 is 1.37 bits per heavy atom. The first-order valence-electron chi connectivity index (χ1n) is 6.74. The van der Waals surface area contributed by atoms with Gasteiger partial charge in [-0.2, -0.15) is 0 Å². The standard InChI is InChI=1S/C15H21N3S/c1-5-16-9-13-14(10(2)3)18-15(19-13)12-8-17-7-6-11(12)4/h6-8,10,16H,5,9H2,1-4H3. The van der Waals surface area contributed by atoms with Crippen LogP contribution >= 0.6 is 11.3 Å². The minimum atomic E-state index is 0.454. The number of hydrogen-bond acceptors (Lipinski definition) is 4. The van der Waals surface area contributed by atoms with Gasteiger partial charge in [-0.3, -0.25) is 4.98 Å². The Kier molecular flexibility index (Phi) is 4.66. The van der Waals surface area contributed by atoms with Crippen molar-refractivity contribution in [2.75, 3.05) is 6.54 Å². The first kappa shape index (κ1) is 14.2. The van der Waals surface area contributed by atoms with E-state index in [1.807, 2.05) is 18.5 Å². The maximum absolute atomic E-state index is 4.83. The van der Waals surface area contributed by atoms with Crippen LogP contribution in [0.4, 0.5) is 0 Å². The number of hydrogen-bond donors (Lipinski definition) is 1. The lowest BCUT2D eigenvalue weighted by atomic mass is 10.1. The summed E-state index contributed by atoms with van der Waals surface area (Å²) in [4.78, 5) is 10.4. The molecular formula is C15H21N3S. The zero-order valence-corrected chi connectivity index (χ0v) is 12.8. The number of pyridine rings is 1. The second-order valence-corrected chi connectivity index (χ2v) is 6.04. The van der Waals surface area contributed by atoms with Crippen LogP contribution in [0.15, 0.2) is 18.5 Å². The zero-order valence-electron chi connectivity index (χ0n) is 12.0. The van der Waals surface area contributed by atoms with Crippen LogP contribution < -0.4 is 5.32 Å². The van der Waals surface area contributed by atoms with Crippen molar-refractivity contribution in [3.05, 3.63) is 34.6 Å². The Morgan fingerprint density at radius 2 is 2.16 bits per heavy atom. The quantitative estimate of drug-likeness (QED) is 0.903. The van der Waals surface area contributed by atoms with Gasteiger partial charge in [0.1, 0.15) is 5.01 Å². The van der Waals surface area contributed by atoms with Gasteiger partial charge < -0.3 is 5.32 Å². The maximum Gasteiger partial charge on any atom is 0.125 e. The van der Waals surface area contributed by atoms with Crippen molar-refractivity contribution in [2.24, 2.45) is 0 Å². The fourth-order valence-corrected chi connectivity index (χ4v) is 3.24. The second kappa shape index (κ2) is 6.26. The number of nitrogens with zero attached hydrogens (tertiary/aromatic N) is 2. The van der Waals surface area contributed by atoms with Crippen LogP contribution in [0.25, 0.3) is 10.6 Å². The third-order valence-electron chi connectivity index (χ3n) is 3.08. The molecule has 3 nitrogen and oxygen atoms in total. The van der Waals surface area contributed by atoms with Crippen LogP contribution in [0.2, 0.25) is 0 Å². The summed E-state index contributed by atoms with van der Waals surface area (Å²) in [7, 11) is 0. The van der Waals surface area contributed by atoms with Crippen molar-refractivity contribution in [1.29, 1.82) is 0 Å². The van der Waals surface area contributed by atoms with Gasteiger partial charge in [0.05, 0.1) is 5.69 Å². The molecule has 0 aliphatic carbocycles. The van der Waals surface area contributed by atoms with Crippen molar-refractivity contribution in [3.8, 4) is 10.6 Å². The SMILES string of the molecule is CCNCc1sc(-c2cnccc2C)nc1C(C)C. The van der Waals surface area contributed by atoms with Crippen molar-refractivity contribution < 1.29 is 0 Å². The topological polar surface area (TPSA) is 37.8 Å². The van der Waals surface area contributed by atoms with Gasteiger partial charge in [0, 0.05) is 29.4 Å². The number of thiazole rings is 1. The zero-order chi connectivity index (χ0) is 13.8. The summed E-state index contributed by atoms with van der Waals surface area (Å²) in [5.74, 6) is 0.454. The van der Waals surface area contributed by atoms with Crippen molar-refractivity contribution in [2.45, 2.75) is 40.2 Å². The fraction of sp³-hybridized carbons (Fsp3) is 0.467. The number of rotatable bonds is 5. The molecule has 0 aromatic carbocycles. The lowest BCUT2D eigenvalue weighted by Gasteiger charge is -2.04. The molecule has 0 unspecified atom stereocenters. The lowest BCUT2D eigenvalue weighted by Crippen LogP contribution is -2.12. The largest absolute Gasteiger partial charge is 0.312 e. The minimum Gasteiger partial charge on any atom is -0.312 e. The van der Waals surface area contributed by atoms with Crippen LogP contribution in [0.5, 0.6) is 0 Å². The first-order valence-corrected chi connectivity index (χ1v) is 7.56. The molecule has 0 saturated carbocycles. The highest BCUT2D eigenvalue weighted by atomic mass is 32.1. The molecule has 0 amide bonds. The molecule has 2 aromatic heterocycles. The van der Waals surface area contributed by atoms with Crippen LogP contribution in [-0.4, -0.2) is 16.5 Å². The second-order valence-electron chi connectivity index (χ2n) is 4.95. The van der Waals surface area contributed by atoms with E-state index in [0.29, 0.717) is 5.92 Å².